The van der Waals surface area contributed by atoms with Gasteiger partial charge in [-0.15, -0.1) is 0 Å². The monoisotopic (exact) mass is 463 g/mol. The number of piperidine rings is 1. The highest BCUT2D eigenvalue weighted by molar-refractivity contribution is 7.90. The van der Waals surface area contributed by atoms with Crippen molar-refractivity contribution in [2.24, 2.45) is 5.41 Å². The minimum absolute atomic E-state index is 0.00525. The number of halogens is 3. The van der Waals surface area contributed by atoms with E-state index in [0.29, 0.717) is 25.2 Å². The van der Waals surface area contributed by atoms with E-state index in [1.165, 1.54) is 0 Å². The van der Waals surface area contributed by atoms with E-state index in [0.717, 1.165) is 38.6 Å². The highest BCUT2D eigenvalue weighted by Gasteiger charge is 2.49. The summed E-state index contributed by atoms with van der Waals surface area (Å²) in [5.74, 6) is -2.75. The van der Waals surface area contributed by atoms with Crippen molar-refractivity contribution in [1.29, 1.82) is 0 Å². The Labute approximate surface area is 178 Å². The van der Waals surface area contributed by atoms with Crippen LogP contribution in [0.2, 0.25) is 0 Å². The zero-order valence-electron chi connectivity index (χ0n) is 16.7. The molecule has 3 fully saturated rings. The summed E-state index contributed by atoms with van der Waals surface area (Å²) in [6, 6.07) is 3.56. The summed E-state index contributed by atoms with van der Waals surface area (Å²) in [4.78, 5) is 27.5. The molecular formula is C19H24F3N3O5S. The van der Waals surface area contributed by atoms with Gasteiger partial charge in [-0.05, 0) is 44.2 Å². The van der Waals surface area contributed by atoms with Gasteiger partial charge in [0.2, 0.25) is 10.0 Å². The molecule has 1 aliphatic carbocycles. The van der Waals surface area contributed by atoms with E-state index in [1.54, 1.807) is 28.8 Å². The van der Waals surface area contributed by atoms with Gasteiger partial charge in [0.15, 0.2) is 0 Å². The molecule has 1 atom stereocenters. The van der Waals surface area contributed by atoms with Gasteiger partial charge >= 0.3 is 12.1 Å². The van der Waals surface area contributed by atoms with Crippen LogP contribution in [0.4, 0.5) is 13.2 Å². The number of carbonyl (C=O) groups excluding carboxylic acids is 1. The summed E-state index contributed by atoms with van der Waals surface area (Å²) in [6.45, 7) is 2.57. The molecule has 1 N–H and O–H groups in total. The summed E-state index contributed by atoms with van der Waals surface area (Å²) in [5, 5.41) is 6.98. The Bertz CT molecular complexity index is 921. The Morgan fingerprint density at radius 3 is 2.39 bits per heavy atom. The number of pyridine rings is 1. The molecule has 0 aromatic carbocycles. The number of rotatable bonds is 3. The molecule has 1 aromatic heterocycles. The zero-order chi connectivity index (χ0) is 22.9. The molecule has 0 radical (unpaired) electrons. The van der Waals surface area contributed by atoms with Crippen LogP contribution < -0.4 is 0 Å². The number of sulfonamides is 1. The highest BCUT2D eigenvalue weighted by atomic mass is 32.2. The quantitative estimate of drug-likeness (QED) is 0.736. The molecule has 31 heavy (non-hydrogen) atoms. The molecule has 2 aliphatic heterocycles. The van der Waals surface area contributed by atoms with Gasteiger partial charge in [-0.25, -0.2) is 17.5 Å². The third-order valence-corrected chi connectivity index (χ3v) is 8.15. The minimum Gasteiger partial charge on any atom is -0.475 e. The summed E-state index contributed by atoms with van der Waals surface area (Å²) < 4.78 is 58.4. The molecule has 1 aromatic rings. The van der Waals surface area contributed by atoms with Gasteiger partial charge in [0.1, 0.15) is 0 Å². The van der Waals surface area contributed by atoms with Gasteiger partial charge in [-0.2, -0.15) is 13.2 Å². The molecule has 1 amide bonds. The number of alkyl halides is 3. The second-order valence-corrected chi connectivity index (χ2v) is 10.4. The lowest BCUT2D eigenvalue weighted by molar-refractivity contribution is -0.192. The first kappa shape index (κ1) is 23.5. The van der Waals surface area contributed by atoms with E-state index in [-0.39, 0.29) is 16.6 Å². The van der Waals surface area contributed by atoms with E-state index in [9.17, 15) is 26.4 Å². The number of likely N-dealkylation sites (tertiary alicyclic amines) is 1. The number of nitrogens with zero attached hydrogens (tertiary/aromatic N) is 3. The first-order chi connectivity index (χ1) is 14.4. The number of hydrogen-bond donors (Lipinski definition) is 1. The van der Waals surface area contributed by atoms with Crippen molar-refractivity contribution in [3.63, 3.8) is 0 Å². The van der Waals surface area contributed by atoms with Gasteiger partial charge in [0.25, 0.3) is 5.91 Å². The summed E-state index contributed by atoms with van der Waals surface area (Å²) in [6.07, 6.45) is 2.57. The van der Waals surface area contributed by atoms with Crippen LogP contribution in [0.1, 0.15) is 42.5 Å². The second kappa shape index (κ2) is 8.73. The lowest BCUT2D eigenvalue weighted by Crippen LogP contribution is -2.48. The molecule has 12 heteroatoms. The lowest BCUT2D eigenvalue weighted by atomic mass is 9.79. The van der Waals surface area contributed by atoms with Crippen molar-refractivity contribution in [2.45, 2.75) is 43.5 Å². The molecule has 1 spiro atoms. The molecule has 3 aliphatic rings. The first-order valence-electron chi connectivity index (χ1n) is 9.93. The minimum atomic E-state index is -5.08. The lowest BCUT2D eigenvalue weighted by Gasteiger charge is -2.40. The number of hydrogen-bond acceptors (Lipinski definition) is 5. The number of aromatic nitrogens is 1. The zero-order valence-corrected chi connectivity index (χ0v) is 17.5. The van der Waals surface area contributed by atoms with Crippen LogP contribution in [0.3, 0.4) is 0 Å². The van der Waals surface area contributed by atoms with Crippen LogP contribution in [-0.2, 0) is 14.8 Å². The number of carboxylic acids is 1. The van der Waals surface area contributed by atoms with E-state index in [1.807, 2.05) is 4.90 Å². The van der Waals surface area contributed by atoms with Gasteiger partial charge in [0.05, 0.1) is 10.8 Å². The summed E-state index contributed by atoms with van der Waals surface area (Å²) in [7, 11) is -3.11. The molecular weight excluding hydrogens is 439 g/mol. The largest absolute Gasteiger partial charge is 0.490 e. The van der Waals surface area contributed by atoms with Gasteiger partial charge in [-0.3, -0.25) is 9.78 Å². The Balaban J connectivity index is 0.000000339. The summed E-state index contributed by atoms with van der Waals surface area (Å²) >= 11 is 0. The SMILES string of the molecule is O=C(O)C(F)(F)F.O=C(c1cccnc1)N1CCCC2(CCN(S(=O)(=O)C3CC3)C2)C1. The number of amides is 1. The van der Waals surface area contributed by atoms with Crippen LogP contribution in [0.15, 0.2) is 24.5 Å². The smallest absolute Gasteiger partial charge is 0.475 e. The average Bonchev–Trinajstić information content (AvgIpc) is 3.51. The molecule has 0 bridgehead atoms. The second-order valence-electron chi connectivity index (χ2n) is 8.20. The fourth-order valence-corrected chi connectivity index (χ4v) is 6.03. The number of carbonyl (C=O) groups is 2. The van der Waals surface area contributed by atoms with Crippen molar-refractivity contribution in [3.05, 3.63) is 30.1 Å². The Hall–Kier alpha value is -2.21. The fraction of sp³-hybridized carbons (Fsp3) is 0.632. The summed E-state index contributed by atoms with van der Waals surface area (Å²) in [5.41, 5.74) is 0.535. The number of aliphatic carboxylic acids is 1. The topological polar surface area (TPSA) is 108 Å². The van der Waals surface area contributed by atoms with Crippen LogP contribution in [-0.4, -0.2) is 77.2 Å². The fourth-order valence-electron chi connectivity index (χ4n) is 4.07. The van der Waals surface area contributed by atoms with Crippen LogP contribution >= 0.6 is 0 Å². The van der Waals surface area contributed by atoms with E-state index >= 15 is 0 Å². The van der Waals surface area contributed by atoms with Gasteiger partial charge < -0.3 is 10.0 Å². The average molecular weight is 463 g/mol. The van der Waals surface area contributed by atoms with Gasteiger partial charge in [0, 0.05) is 44.0 Å². The maximum Gasteiger partial charge on any atom is 0.490 e. The van der Waals surface area contributed by atoms with Gasteiger partial charge in [-0.1, -0.05) is 0 Å². The Morgan fingerprint density at radius 1 is 1.16 bits per heavy atom. The van der Waals surface area contributed by atoms with Crippen molar-refractivity contribution >= 4 is 21.9 Å². The maximum atomic E-state index is 12.7. The van der Waals surface area contributed by atoms with E-state index in [2.05, 4.69) is 4.98 Å². The highest BCUT2D eigenvalue weighted by Crippen LogP contribution is 2.42. The maximum absolute atomic E-state index is 12.7. The molecule has 1 saturated carbocycles. The molecule has 8 nitrogen and oxygen atoms in total. The Kier molecular flexibility index (Phi) is 6.61. The molecule has 1 unspecified atom stereocenters. The third kappa shape index (κ3) is 5.53. The van der Waals surface area contributed by atoms with Crippen molar-refractivity contribution in [2.75, 3.05) is 26.2 Å². The predicted molar refractivity (Wildman–Crippen MR) is 104 cm³/mol. The van der Waals surface area contributed by atoms with Crippen LogP contribution in [0.25, 0.3) is 0 Å². The van der Waals surface area contributed by atoms with Crippen LogP contribution in [0, 0.1) is 5.41 Å². The molecule has 4 rings (SSSR count). The predicted octanol–water partition coefficient (Wildman–Crippen LogP) is 2.14. The third-order valence-electron chi connectivity index (χ3n) is 5.81. The normalized spacial score (nSPS) is 24.5. The standard InChI is InChI=1S/C17H23N3O3S.C2HF3O2/c21-16(14-3-1-8-18-11-14)19-9-2-6-17(12-19)7-10-20(13-17)24(22,23)15-4-5-15;3-2(4,5)1(6)7/h1,3,8,11,15H,2,4-7,9-10,12-13H2;(H,6,7). The first-order valence-corrected chi connectivity index (χ1v) is 11.4. The van der Waals surface area contributed by atoms with E-state index < -0.39 is 22.2 Å². The van der Waals surface area contributed by atoms with Crippen LogP contribution in [0.5, 0.6) is 0 Å². The van der Waals surface area contributed by atoms with E-state index in [4.69, 9.17) is 9.90 Å². The molecule has 3 heterocycles. The Morgan fingerprint density at radius 2 is 1.84 bits per heavy atom. The van der Waals surface area contributed by atoms with Crippen molar-refractivity contribution < 1.29 is 36.3 Å². The molecule has 2 saturated heterocycles. The number of carboxylic acid groups (broad SMARTS) is 1. The van der Waals surface area contributed by atoms with Crippen molar-refractivity contribution in [1.82, 2.24) is 14.2 Å². The van der Waals surface area contributed by atoms with Crippen molar-refractivity contribution in [3.8, 4) is 0 Å². The molecule has 172 valence electrons.